The van der Waals surface area contributed by atoms with E-state index in [1.165, 1.54) is 24.3 Å². The van der Waals surface area contributed by atoms with Crippen LogP contribution in [0.1, 0.15) is 12.8 Å². The number of likely N-dealkylation sites (tertiary alicyclic amines) is 1. The Kier molecular flexibility index (Phi) is 4.11. The summed E-state index contributed by atoms with van der Waals surface area (Å²) in [5.74, 6) is -0.231. The Morgan fingerprint density at radius 1 is 1.04 bits per heavy atom. The molecule has 2 aromatic carbocycles. The molecule has 0 radical (unpaired) electrons. The first kappa shape index (κ1) is 16.6. The maximum atomic E-state index is 13.0. The van der Waals surface area contributed by atoms with Gasteiger partial charge in [0.2, 0.25) is 5.91 Å². The van der Waals surface area contributed by atoms with E-state index < -0.39 is 0 Å². The van der Waals surface area contributed by atoms with E-state index in [1.807, 2.05) is 35.2 Å². The fourth-order valence-corrected chi connectivity index (χ4v) is 3.86. The van der Waals surface area contributed by atoms with Gasteiger partial charge >= 0.3 is 6.03 Å². The smallest absolute Gasteiger partial charge is 0.321 e. The van der Waals surface area contributed by atoms with Crippen LogP contribution in [0.15, 0.2) is 54.6 Å². The highest BCUT2D eigenvalue weighted by molar-refractivity contribution is 5.97. The minimum Gasteiger partial charge on any atom is -0.324 e. The van der Waals surface area contributed by atoms with Crippen LogP contribution in [0.25, 0.3) is 0 Å². The number of para-hydroxylation sites is 1. The molecular weight excluding hydrogens is 333 g/mol. The van der Waals surface area contributed by atoms with Crippen molar-refractivity contribution in [3.8, 4) is 0 Å². The van der Waals surface area contributed by atoms with Gasteiger partial charge in [-0.2, -0.15) is 0 Å². The number of carbonyl (C=O) groups excluding carboxylic acids is 2. The van der Waals surface area contributed by atoms with Crippen molar-refractivity contribution in [3.63, 3.8) is 0 Å². The van der Waals surface area contributed by atoms with Crippen molar-refractivity contribution in [2.45, 2.75) is 12.8 Å². The van der Waals surface area contributed by atoms with Gasteiger partial charge in [-0.3, -0.25) is 4.79 Å². The Morgan fingerprint density at radius 3 is 2.50 bits per heavy atom. The number of nitrogens with zero attached hydrogens (tertiary/aromatic N) is 2. The molecule has 2 aliphatic heterocycles. The summed E-state index contributed by atoms with van der Waals surface area (Å²) in [5, 5.41) is 2.79. The molecule has 0 unspecified atom stereocenters. The molecule has 134 valence electrons. The summed E-state index contributed by atoms with van der Waals surface area (Å²) >= 11 is 0. The number of benzene rings is 2. The van der Waals surface area contributed by atoms with Gasteiger partial charge in [-0.25, -0.2) is 9.18 Å². The number of amides is 3. The lowest BCUT2D eigenvalue weighted by molar-refractivity contribution is -0.117. The summed E-state index contributed by atoms with van der Waals surface area (Å²) in [6.07, 6.45) is 1.27. The highest BCUT2D eigenvalue weighted by atomic mass is 19.1. The molecule has 1 spiro atoms. The molecule has 1 N–H and O–H groups in total. The molecule has 2 aliphatic rings. The van der Waals surface area contributed by atoms with E-state index in [0.717, 1.165) is 12.1 Å². The molecular formula is C20H20FN3O2. The molecule has 0 bridgehead atoms. The molecule has 26 heavy (non-hydrogen) atoms. The Bertz CT molecular complexity index is 825. The molecule has 0 saturated carbocycles. The summed E-state index contributed by atoms with van der Waals surface area (Å²) < 4.78 is 13.0. The lowest BCUT2D eigenvalue weighted by Gasteiger charge is -2.24. The second-order valence-electron chi connectivity index (χ2n) is 7.10. The molecule has 4 rings (SSSR count). The summed E-state index contributed by atoms with van der Waals surface area (Å²) in [4.78, 5) is 28.6. The van der Waals surface area contributed by atoms with Crippen molar-refractivity contribution in [2.24, 2.45) is 5.41 Å². The van der Waals surface area contributed by atoms with Crippen molar-refractivity contribution < 1.29 is 14.0 Å². The molecule has 5 nitrogen and oxygen atoms in total. The number of carbonyl (C=O) groups is 2. The number of rotatable bonds is 2. The zero-order valence-electron chi connectivity index (χ0n) is 14.3. The van der Waals surface area contributed by atoms with Gasteiger partial charge in [-0.15, -0.1) is 0 Å². The van der Waals surface area contributed by atoms with Crippen LogP contribution in [0.2, 0.25) is 0 Å². The van der Waals surface area contributed by atoms with Crippen molar-refractivity contribution in [3.05, 3.63) is 60.4 Å². The van der Waals surface area contributed by atoms with Crippen LogP contribution in [0.3, 0.4) is 0 Å². The van der Waals surface area contributed by atoms with E-state index in [9.17, 15) is 14.0 Å². The van der Waals surface area contributed by atoms with E-state index in [4.69, 9.17) is 0 Å². The van der Waals surface area contributed by atoms with E-state index in [-0.39, 0.29) is 23.2 Å². The molecule has 2 fully saturated rings. The molecule has 0 aliphatic carbocycles. The minimum absolute atomic E-state index is 0.108. The number of hydrogen-bond acceptors (Lipinski definition) is 2. The van der Waals surface area contributed by atoms with Crippen molar-refractivity contribution in [2.75, 3.05) is 29.9 Å². The van der Waals surface area contributed by atoms with E-state index >= 15 is 0 Å². The van der Waals surface area contributed by atoms with Crippen LogP contribution in [-0.4, -0.2) is 36.5 Å². The van der Waals surface area contributed by atoms with Gasteiger partial charge in [-0.1, -0.05) is 18.2 Å². The molecule has 2 saturated heterocycles. The summed E-state index contributed by atoms with van der Waals surface area (Å²) in [5.41, 5.74) is 1.28. The number of nitrogens with one attached hydrogen (secondary N) is 1. The predicted octanol–water partition coefficient (Wildman–Crippen LogP) is 3.49. The van der Waals surface area contributed by atoms with E-state index in [0.29, 0.717) is 31.7 Å². The van der Waals surface area contributed by atoms with Crippen LogP contribution in [0.5, 0.6) is 0 Å². The molecule has 1 atom stereocenters. The predicted molar refractivity (Wildman–Crippen MR) is 97.5 cm³/mol. The second kappa shape index (κ2) is 6.44. The third-order valence-electron chi connectivity index (χ3n) is 5.21. The van der Waals surface area contributed by atoms with Crippen LogP contribution < -0.4 is 10.2 Å². The molecule has 0 aromatic heterocycles. The Balaban J connectivity index is 1.42. The van der Waals surface area contributed by atoms with Gasteiger partial charge < -0.3 is 15.1 Å². The SMILES string of the molecule is O=C(Nc1ccc(F)cc1)N1CC[C@@]2(CC(=O)N(c3ccccc3)C2)C1. The number of hydrogen-bond donors (Lipinski definition) is 1. The Morgan fingerprint density at radius 2 is 1.77 bits per heavy atom. The maximum absolute atomic E-state index is 13.0. The quantitative estimate of drug-likeness (QED) is 0.899. The molecule has 2 aromatic rings. The van der Waals surface area contributed by atoms with Crippen LogP contribution in [0.4, 0.5) is 20.6 Å². The normalized spacial score (nSPS) is 22.3. The lowest BCUT2D eigenvalue weighted by Crippen LogP contribution is -2.36. The van der Waals surface area contributed by atoms with Crippen LogP contribution in [0, 0.1) is 11.2 Å². The third kappa shape index (κ3) is 3.14. The zero-order chi connectivity index (χ0) is 18.1. The van der Waals surface area contributed by atoms with Crippen molar-refractivity contribution in [1.29, 1.82) is 0 Å². The summed E-state index contributed by atoms with van der Waals surface area (Å²) in [7, 11) is 0. The first-order valence-electron chi connectivity index (χ1n) is 8.72. The molecule has 6 heteroatoms. The number of anilines is 2. The van der Waals surface area contributed by atoms with Crippen LogP contribution in [-0.2, 0) is 4.79 Å². The first-order chi connectivity index (χ1) is 12.5. The van der Waals surface area contributed by atoms with Gasteiger partial charge in [0.05, 0.1) is 0 Å². The summed E-state index contributed by atoms with van der Waals surface area (Å²) in [6.45, 7) is 1.80. The highest BCUT2D eigenvalue weighted by Crippen LogP contribution is 2.41. The van der Waals surface area contributed by atoms with Gasteiger partial charge in [0.15, 0.2) is 0 Å². The average molecular weight is 353 g/mol. The molecule has 2 heterocycles. The zero-order valence-corrected chi connectivity index (χ0v) is 14.3. The largest absolute Gasteiger partial charge is 0.324 e. The number of urea groups is 1. The average Bonchev–Trinajstić information content (AvgIpc) is 3.21. The lowest BCUT2D eigenvalue weighted by atomic mass is 9.86. The van der Waals surface area contributed by atoms with Gasteiger partial charge in [-0.05, 0) is 42.8 Å². The fourth-order valence-electron chi connectivity index (χ4n) is 3.86. The molecule has 3 amide bonds. The van der Waals surface area contributed by atoms with Crippen molar-refractivity contribution >= 4 is 23.3 Å². The van der Waals surface area contributed by atoms with Crippen molar-refractivity contribution in [1.82, 2.24) is 4.90 Å². The van der Waals surface area contributed by atoms with E-state index in [1.54, 1.807) is 4.90 Å². The van der Waals surface area contributed by atoms with Gasteiger partial charge in [0.1, 0.15) is 5.82 Å². The van der Waals surface area contributed by atoms with Gasteiger partial charge in [0, 0.05) is 42.8 Å². The topological polar surface area (TPSA) is 52.7 Å². The van der Waals surface area contributed by atoms with Gasteiger partial charge in [0.25, 0.3) is 0 Å². The monoisotopic (exact) mass is 353 g/mol. The van der Waals surface area contributed by atoms with E-state index in [2.05, 4.69) is 5.32 Å². The van der Waals surface area contributed by atoms with Crippen LogP contribution >= 0.6 is 0 Å². The maximum Gasteiger partial charge on any atom is 0.321 e. The standard InChI is InChI=1S/C20H20FN3O2/c21-15-6-8-16(9-7-15)22-19(26)23-11-10-20(13-23)12-18(25)24(14-20)17-4-2-1-3-5-17/h1-9H,10-14H2,(H,22,26)/t20-/m1/s1. The Hall–Kier alpha value is -2.89. The minimum atomic E-state index is -0.339. The first-order valence-corrected chi connectivity index (χ1v) is 8.72. The Labute approximate surface area is 151 Å². The second-order valence-corrected chi connectivity index (χ2v) is 7.10. The fraction of sp³-hybridized carbons (Fsp3) is 0.300. The highest BCUT2D eigenvalue weighted by Gasteiger charge is 2.48. The number of halogens is 1. The third-order valence-corrected chi connectivity index (χ3v) is 5.21. The summed E-state index contributed by atoms with van der Waals surface area (Å²) in [6, 6.07) is 15.1.